The van der Waals surface area contributed by atoms with Crippen molar-refractivity contribution >= 4 is 23.1 Å². The van der Waals surface area contributed by atoms with E-state index in [0.717, 1.165) is 40.3 Å². The molecule has 0 saturated carbocycles. The molecular formula is C25H29ClO3. The third-order valence-electron chi connectivity index (χ3n) is 5.88. The summed E-state index contributed by atoms with van der Waals surface area (Å²) in [4.78, 5) is 10.9. The summed E-state index contributed by atoms with van der Waals surface area (Å²) in [6.07, 6.45) is 6.49. The van der Waals surface area contributed by atoms with Gasteiger partial charge in [0.05, 0.1) is 0 Å². The van der Waals surface area contributed by atoms with Gasteiger partial charge in [-0.1, -0.05) is 36.2 Å². The predicted molar refractivity (Wildman–Crippen MR) is 119 cm³/mol. The lowest BCUT2D eigenvalue weighted by Crippen LogP contribution is -2.06. The molecule has 1 N–H and O–H groups in total. The van der Waals surface area contributed by atoms with E-state index in [0.29, 0.717) is 13.0 Å². The fraction of sp³-hybridized carbons (Fsp3) is 0.400. The van der Waals surface area contributed by atoms with E-state index in [2.05, 4.69) is 19.1 Å². The van der Waals surface area contributed by atoms with Gasteiger partial charge in [0.2, 0.25) is 0 Å². The van der Waals surface area contributed by atoms with Crippen molar-refractivity contribution in [2.75, 3.05) is 6.61 Å². The van der Waals surface area contributed by atoms with Gasteiger partial charge in [0, 0.05) is 11.4 Å². The van der Waals surface area contributed by atoms with Gasteiger partial charge < -0.3 is 9.84 Å². The molecule has 0 spiro atoms. The molecule has 154 valence electrons. The van der Waals surface area contributed by atoms with E-state index in [4.69, 9.17) is 21.4 Å². The maximum absolute atomic E-state index is 10.9. The Labute approximate surface area is 178 Å². The molecule has 0 bridgehead atoms. The van der Waals surface area contributed by atoms with Crippen molar-refractivity contribution < 1.29 is 14.6 Å². The number of halogens is 1. The normalized spacial score (nSPS) is 14.6. The Morgan fingerprint density at radius 3 is 2.45 bits per heavy atom. The number of ether oxygens (including phenoxy) is 1. The molecule has 3 nitrogen and oxygen atoms in total. The van der Waals surface area contributed by atoms with Gasteiger partial charge in [-0.05, 0) is 97.6 Å². The summed E-state index contributed by atoms with van der Waals surface area (Å²) in [5.74, 6) is 0.117. The molecule has 0 aromatic heterocycles. The van der Waals surface area contributed by atoms with E-state index in [1.54, 1.807) is 0 Å². The fourth-order valence-electron chi connectivity index (χ4n) is 3.99. The number of hydrogen-bond donors (Lipinski definition) is 1. The topological polar surface area (TPSA) is 46.5 Å². The number of rotatable bonds is 7. The summed E-state index contributed by atoms with van der Waals surface area (Å²) < 4.78 is 6.27. The number of hydrogen-bond acceptors (Lipinski definition) is 2. The molecule has 0 aliphatic heterocycles. The molecular weight excluding hydrogens is 384 g/mol. The summed E-state index contributed by atoms with van der Waals surface area (Å²) >= 11 is 6.07. The first kappa shape index (κ1) is 21.4. The number of carbonyl (C=O) groups is 1. The molecule has 2 aromatic carbocycles. The van der Waals surface area contributed by atoms with Crippen LogP contribution in [-0.4, -0.2) is 17.7 Å². The first-order valence-electron chi connectivity index (χ1n) is 10.4. The second kappa shape index (κ2) is 9.98. The Hall–Kier alpha value is -2.26. The molecule has 29 heavy (non-hydrogen) atoms. The zero-order chi connectivity index (χ0) is 20.8. The van der Waals surface area contributed by atoms with E-state index in [-0.39, 0.29) is 6.42 Å². The van der Waals surface area contributed by atoms with Crippen molar-refractivity contribution in [2.24, 2.45) is 0 Å². The van der Waals surface area contributed by atoms with Crippen LogP contribution in [0.15, 0.2) is 42.0 Å². The van der Waals surface area contributed by atoms with Crippen LogP contribution in [-0.2, 0) is 11.2 Å². The average Bonchev–Trinajstić information content (AvgIpc) is 2.94. The largest absolute Gasteiger partial charge is 0.489 e. The van der Waals surface area contributed by atoms with Crippen LogP contribution in [0.2, 0.25) is 5.02 Å². The predicted octanol–water partition coefficient (Wildman–Crippen LogP) is 6.77. The smallest absolute Gasteiger partial charge is 0.303 e. The van der Waals surface area contributed by atoms with Gasteiger partial charge in [0.15, 0.2) is 0 Å². The molecule has 1 aliphatic rings. The third kappa shape index (κ3) is 5.63. The number of aliphatic carboxylic acids is 1. The van der Waals surface area contributed by atoms with E-state index in [1.165, 1.54) is 36.0 Å². The molecule has 0 amide bonds. The minimum absolute atomic E-state index is 0.151. The molecule has 0 heterocycles. The average molecular weight is 413 g/mol. The molecule has 0 saturated heterocycles. The van der Waals surface area contributed by atoms with Crippen molar-refractivity contribution in [3.05, 3.63) is 69.2 Å². The van der Waals surface area contributed by atoms with Crippen LogP contribution in [0.3, 0.4) is 0 Å². The second-order valence-electron chi connectivity index (χ2n) is 7.80. The van der Waals surface area contributed by atoms with Crippen molar-refractivity contribution in [2.45, 2.75) is 58.8 Å². The lowest BCUT2D eigenvalue weighted by atomic mass is 9.96. The SMILES string of the molecule is Cc1c(CCC(=O)O)ccc(OCC2=C(c3ccc(Cl)cc3)CCCCC2)c1C. The first-order valence-corrected chi connectivity index (χ1v) is 10.7. The molecule has 0 atom stereocenters. The maximum atomic E-state index is 10.9. The quantitative estimate of drug-likeness (QED) is 0.545. The van der Waals surface area contributed by atoms with Crippen molar-refractivity contribution in [3.8, 4) is 5.75 Å². The number of benzene rings is 2. The van der Waals surface area contributed by atoms with E-state index in [1.807, 2.05) is 31.2 Å². The van der Waals surface area contributed by atoms with Gasteiger partial charge in [-0.25, -0.2) is 0 Å². The minimum atomic E-state index is -0.766. The highest BCUT2D eigenvalue weighted by molar-refractivity contribution is 6.30. The zero-order valence-electron chi connectivity index (χ0n) is 17.3. The highest BCUT2D eigenvalue weighted by Crippen LogP contribution is 2.33. The van der Waals surface area contributed by atoms with Gasteiger partial charge in [-0.2, -0.15) is 0 Å². The van der Waals surface area contributed by atoms with Crippen LogP contribution >= 0.6 is 11.6 Å². The van der Waals surface area contributed by atoms with E-state index < -0.39 is 5.97 Å². The van der Waals surface area contributed by atoms with Crippen LogP contribution in [0.25, 0.3) is 5.57 Å². The molecule has 3 rings (SSSR count). The summed E-state index contributed by atoms with van der Waals surface area (Å²) in [5.41, 5.74) is 7.30. The standard InChI is InChI=1S/C25H29ClO3/c1-17-18(2)24(14-10-19(17)11-15-25(27)28)29-16-21-6-4-3-5-7-23(21)20-8-12-22(26)13-9-20/h8-10,12-14H,3-7,11,15-16H2,1-2H3,(H,27,28). The fourth-order valence-corrected chi connectivity index (χ4v) is 4.11. The van der Waals surface area contributed by atoms with Gasteiger partial charge in [0.25, 0.3) is 0 Å². The van der Waals surface area contributed by atoms with Gasteiger partial charge in [-0.3, -0.25) is 4.79 Å². The summed E-state index contributed by atoms with van der Waals surface area (Å²) in [6.45, 7) is 4.69. The van der Waals surface area contributed by atoms with E-state index >= 15 is 0 Å². The van der Waals surface area contributed by atoms with Crippen molar-refractivity contribution in [3.63, 3.8) is 0 Å². The monoisotopic (exact) mass is 412 g/mol. The highest BCUT2D eigenvalue weighted by atomic mass is 35.5. The first-order chi connectivity index (χ1) is 14.0. The lowest BCUT2D eigenvalue weighted by Gasteiger charge is -2.18. The minimum Gasteiger partial charge on any atom is -0.489 e. The molecule has 1 aliphatic carbocycles. The van der Waals surface area contributed by atoms with Crippen LogP contribution in [0.4, 0.5) is 0 Å². The number of allylic oxidation sites excluding steroid dienone is 1. The molecule has 0 fully saturated rings. The highest BCUT2D eigenvalue weighted by Gasteiger charge is 2.15. The van der Waals surface area contributed by atoms with Crippen LogP contribution in [0, 0.1) is 13.8 Å². The summed E-state index contributed by atoms with van der Waals surface area (Å²) in [5, 5.41) is 9.70. The molecule has 4 heteroatoms. The number of carboxylic acids is 1. The lowest BCUT2D eigenvalue weighted by molar-refractivity contribution is -0.136. The zero-order valence-corrected chi connectivity index (χ0v) is 18.0. The Morgan fingerprint density at radius 1 is 1.00 bits per heavy atom. The Morgan fingerprint density at radius 2 is 1.72 bits per heavy atom. The maximum Gasteiger partial charge on any atom is 0.303 e. The van der Waals surface area contributed by atoms with Crippen LogP contribution < -0.4 is 4.74 Å². The Bertz CT molecular complexity index is 897. The molecule has 0 radical (unpaired) electrons. The number of aryl methyl sites for hydroxylation is 1. The van der Waals surface area contributed by atoms with Gasteiger partial charge in [0.1, 0.15) is 12.4 Å². The van der Waals surface area contributed by atoms with Crippen molar-refractivity contribution in [1.82, 2.24) is 0 Å². The van der Waals surface area contributed by atoms with Gasteiger partial charge >= 0.3 is 5.97 Å². The molecule has 2 aromatic rings. The van der Waals surface area contributed by atoms with E-state index in [9.17, 15) is 4.79 Å². The van der Waals surface area contributed by atoms with Crippen LogP contribution in [0.5, 0.6) is 5.75 Å². The third-order valence-corrected chi connectivity index (χ3v) is 6.14. The van der Waals surface area contributed by atoms with Crippen molar-refractivity contribution in [1.29, 1.82) is 0 Å². The van der Waals surface area contributed by atoms with Crippen LogP contribution in [0.1, 0.15) is 60.8 Å². The van der Waals surface area contributed by atoms with Gasteiger partial charge in [-0.15, -0.1) is 0 Å². The Kier molecular flexibility index (Phi) is 7.38. The molecule has 0 unspecified atom stereocenters. The second-order valence-corrected chi connectivity index (χ2v) is 8.24. The Balaban J connectivity index is 1.79. The number of carboxylic acid groups (broad SMARTS) is 1. The summed E-state index contributed by atoms with van der Waals surface area (Å²) in [6, 6.07) is 12.1. The summed E-state index contributed by atoms with van der Waals surface area (Å²) in [7, 11) is 0.